The van der Waals surface area contributed by atoms with Crippen molar-refractivity contribution in [3.63, 3.8) is 0 Å². The van der Waals surface area contributed by atoms with Gasteiger partial charge in [-0.25, -0.2) is 0 Å². The molecule has 1 unspecified atom stereocenters. The van der Waals surface area contributed by atoms with E-state index in [1.165, 1.54) is 29.3 Å². The molecule has 1 aromatic carbocycles. The van der Waals surface area contributed by atoms with Crippen LogP contribution in [0.3, 0.4) is 0 Å². The first kappa shape index (κ1) is 17.5. The molecule has 4 heteroatoms. The van der Waals surface area contributed by atoms with Gasteiger partial charge in [-0.2, -0.15) is 0 Å². The zero-order valence-electron chi connectivity index (χ0n) is 11.6. The predicted octanol–water partition coefficient (Wildman–Crippen LogP) is 5.47. The Morgan fingerprint density at radius 3 is 2.68 bits per heavy atom. The zero-order chi connectivity index (χ0) is 14.1. The summed E-state index contributed by atoms with van der Waals surface area (Å²) in [5.41, 5.74) is 0. The van der Waals surface area contributed by atoms with Crippen molar-refractivity contribution in [3.05, 3.63) is 25.3 Å². The zero-order valence-corrected chi connectivity index (χ0v) is 15.9. The first-order valence-electron chi connectivity index (χ1n) is 6.83. The van der Waals surface area contributed by atoms with Crippen molar-refractivity contribution in [1.82, 2.24) is 0 Å². The van der Waals surface area contributed by atoms with Crippen LogP contribution in [-0.2, 0) is 4.74 Å². The normalized spacial score (nSPS) is 12.4. The number of hydrogen-bond donors (Lipinski definition) is 0. The summed E-state index contributed by atoms with van der Waals surface area (Å²) in [6.07, 6.45) is 4.99. The second-order valence-corrected chi connectivity index (χ2v) is 7.03. The van der Waals surface area contributed by atoms with Crippen LogP contribution >= 0.6 is 45.2 Å². The monoisotopic (exact) mass is 488 g/mol. The Kier molecular flexibility index (Phi) is 9.40. The highest BCUT2D eigenvalue weighted by molar-refractivity contribution is 14.1. The number of hydrogen-bond acceptors (Lipinski definition) is 2. The highest BCUT2D eigenvalue weighted by Gasteiger charge is 2.06. The molecule has 108 valence electrons. The van der Waals surface area contributed by atoms with Crippen LogP contribution in [0.5, 0.6) is 5.75 Å². The molecule has 0 amide bonds. The molecule has 0 heterocycles. The molecule has 0 saturated carbocycles. The number of rotatable bonds is 9. The van der Waals surface area contributed by atoms with Crippen molar-refractivity contribution < 1.29 is 9.47 Å². The van der Waals surface area contributed by atoms with Gasteiger partial charge < -0.3 is 9.47 Å². The minimum Gasteiger partial charge on any atom is -0.466 e. The van der Waals surface area contributed by atoms with Gasteiger partial charge in [0.2, 0.25) is 0 Å². The van der Waals surface area contributed by atoms with Crippen LogP contribution in [0.1, 0.15) is 39.5 Å². The van der Waals surface area contributed by atoms with Gasteiger partial charge in [-0.05, 0) is 75.7 Å². The Balaban J connectivity index is 2.27. The lowest BCUT2D eigenvalue weighted by atomic mass is 10.0. The largest absolute Gasteiger partial charge is 0.466 e. The summed E-state index contributed by atoms with van der Waals surface area (Å²) in [5, 5.41) is 0. The molecule has 0 aliphatic rings. The van der Waals surface area contributed by atoms with E-state index < -0.39 is 0 Å². The summed E-state index contributed by atoms with van der Waals surface area (Å²) < 4.78 is 13.6. The van der Waals surface area contributed by atoms with Crippen molar-refractivity contribution in [2.75, 3.05) is 13.4 Å². The van der Waals surface area contributed by atoms with Gasteiger partial charge in [0.25, 0.3) is 0 Å². The maximum atomic E-state index is 5.68. The van der Waals surface area contributed by atoms with E-state index in [0.29, 0.717) is 12.7 Å². The molecule has 0 spiro atoms. The van der Waals surface area contributed by atoms with Gasteiger partial charge in [0.15, 0.2) is 6.79 Å². The molecular weight excluding hydrogens is 466 g/mol. The minimum atomic E-state index is 0.346. The third kappa shape index (κ3) is 7.13. The molecular formula is C15H22I2O2. The van der Waals surface area contributed by atoms with E-state index in [1.807, 2.05) is 6.07 Å². The summed E-state index contributed by atoms with van der Waals surface area (Å²) >= 11 is 4.57. The van der Waals surface area contributed by atoms with Crippen molar-refractivity contribution in [3.8, 4) is 5.75 Å². The van der Waals surface area contributed by atoms with E-state index in [-0.39, 0.29) is 0 Å². The third-order valence-electron chi connectivity index (χ3n) is 3.09. The van der Waals surface area contributed by atoms with Crippen molar-refractivity contribution in [1.29, 1.82) is 0 Å². The molecule has 0 radical (unpaired) electrons. The van der Waals surface area contributed by atoms with Crippen LogP contribution in [0, 0.1) is 13.1 Å². The topological polar surface area (TPSA) is 18.5 Å². The second-order valence-electron chi connectivity index (χ2n) is 4.62. The lowest BCUT2D eigenvalue weighted by Crippen LogP contribution is -2.12. The van der Waals surface area contributed by atoms with Crippen LogP contribution in [0.2, 0.25) is 0 Å². The quantitative estimate of drug-likeness (QED) is 0.261. The Bertz CT molecular complexity index is 369. The molecule has 0 aromatic heterocycles. The Morgan fingerprint density at radius 1 is 1.21 bits per heavy atom. The number of ether oxygens (including phenoxy) is 2. The summed E-state index contributed by atoms with van der Waals surface area (Å²) in [7, 11) is 0. The average Bonchev–Trinajstić information content (AvgIpc) is 2.41. The van der Waals surface area contributed by atoms with E-state index in [0.717, 1.165) is 15.9 Å². The predicted molar refractivity (Wildman–Crippen MR) is 96.6 cm³/mol. The van der Waals surface area contributed by atoms with Crippen LogP contribution < -0.4 is 4.74 Å². The third-order valence-corrected chi connectivity index (χ3v) is 4.65. The molecule has 0 bridgehead atoms. The Morgan fingerprint density at radius 2 is 2.00 bits per heavy atom. The maximum Gasteiger partial charge on any atom is 0.189 e. The second kappa shape index (κ2) is 10.2. The number of benzene rings is 1. The highest BCUT2D eigenvalue weighted by atomic mass is 127. The van der Waals surface area contributed by atoms with Gasteiger partial charge in [0, 0.05) is 3.57 Å². The van der Waals surface area contributed by atoms with Crippen molar-refractivity contribution in [2.45, 2.75) is 39.5 Å². The summed E-state index contributed by atoms with van der Waals surface area (Å²) in [4.78, 5) is 0. The van der Waals surface area contributed by atoms with Crippen LogP contribution in [0.4, 0.5) is 0 Å². The molecule has 1 rings (SSSR count). The van der Waals surface area contributed by atoms with E-state index >= 15 is 0 Å². The molecule has 19 heavy (non-hydrogen) atoms. The Labute approximate surface area is 143 Å². The van der Waals surface area contributed by atoms with Crippen molar-refractivity contribution >= 4 is 45.2 Å². The molecule has 0 aliphatic heterocycles. The summed E-state index contributed by atoms with van der Waals surface area (Å²) in [6, 6.07) is 6.18. The van der Waals surface area contributed by atoms with E-state index in [1.54, 1.807) is 0 Å². The maximum absolute atomic E-state index is 5.68. The molecule has 0 aliphatic carbocycles. The van der Waals surface area contributed by atoms with E-state index in [2.05, 4.69) is 71.2 Å². The van der Waals surface area contributed by atoms with Crippen LogP contribution in [0.25, 0.3) is 0 Å². The van der Waals surface area contributed by atoms with E-state index in [9.17, 15) is 0 Å². The minimum absolute atomic E-state index is 0.346. The van der Waals surface area contributed by atoms with Gasteiger partial charge >= 0.3 is 0 Å². The first-order chi connectivity index (χ1) is 9.17. The fourth-order valence-electron chi connectivity index (χ4n) is 1.81. The molecule has 0 fully saturated rings. The lowest BCUT2D eigenvalue weighted by molar-refractivity contribution is -0.00490. The van der Waals surface area contributed by atoms with Crippen molar-refractivity contribution in [2.24, 2.45) is 5.92 Å². The van der Waals surface area contributed by atoms with Gasteiger partial charge in [-0.1, -0.05) is 33.1 Å². The van der Waals surface area contributed by atoms with Gasteiger partial charge in [0.1, 0.15) is 5.75 Å². The fraction of sp³-hybridized carbons (Fsp3) is 0.600. The summed E-state index contributed by atoms with van der Waals surface area (Å²) in [5.74, 6) is 1.58. The number of unbranched alkanes of at least 4 members (excludes halogenated alkanes) is 1. The standard InChI is InChI=1S/C15H22I2O2/c1-3-5-6-12(4-2)10-18-11-19-15-9-13(16)7-8-14(15)17/h7-9,12H,3-6,10-11H2,1-2H3. The Hall–Kier alpha value is 0.440. The first-order valence-corrected chi connectivity index (χ1v) is 8.98. The fourth-order valence-corrected chi connectivity index (χ4v) is 2.76. The lowest BCUT2D eigenvalue weighted by Gasteiger charge is -2.15. The van der Waals surface area contributed by atoms with Gasteiger partial charge in [-0.15, -0.1) is 0 Å². The van der Waals surface area contributed by atoms with E-state index in [4.69, 9.17) is 9.47 Å². The van der Waals surface area contributed by atoms with Gasteiger partial charge in [-0.3, -0.25) is 0 Å². The summed E-state index contributed by atoms with van der Waals surface area (Å²) in [6.45, 7) is 5.61. The molecule has 2 nitrogen and oxygen atoms in total. The number of halogens is 2. The highest BCUT2D eigenvalue weighted by Crippen LogP contribution is 2.23. The molecule has 1 atom stereocenters. The molecule has 0 saturated heterocycles. The average molecular weight is 488 g/mol. The molecule has 0 N–H and O–H groups in total. The van der Waals surface area contributed by atoms with Gasteiger partial charge in [0.05, 0.1) is 10.2 Å². The smallest absolute Gasteiger partial charge is 0.189 e. The SMILES string of the molecule is CCCCC(CC)COCOc1cc(I)ccc1I. The molecule has 1 aromatic rings. The van der Waals surface area contributed by atoms with Crippen LogP contribution in [0.15, 0.2) is 18.2 Å². The van der Waals surface area contributed by atoms with Crippen LogP contribution in [-0.4, -0.2) is 13.4 Å².